The minimum absolute atomic E-state index is 0.133. The molecular weight excluding hydrogens is 450 g/mol. The highest BCUT2D eigenvalue weighted by Crippen LogP contribution is 2.28. The first-order chi connectivity index (χ1) is 16.3. The van der Waals surface area contributed by atoms with Crippen LogP contribution in [0.25, 0.3) is 21.9 Å². The Bertz CT molecular complexity index is 1460. The quantitative estimate of drug-likeness (QED) is 0.408. The van der Waals surface area contributed by atoms with Crippen LogP contribution in [-0.4, -0.2) is 39.3 Å². The molecular formula is C27H25NO5S. The van der Waals surface area contributed by atoms with Crippen molar-refractivity contribution in [2.75, 3.05) is 19.9 Å². The predicted octanol–water partition coefficient (Wildman–Crippen LogP) is 4.60. The van der Waals surface area contributed by atoms with Crippen LogP contribution < -0.4 is 10.1 Å². The van der Waals surface area contributed by atoms with Gasteiger partial charge in [0.2, 0.25) is 0 Å². The van der Waals surface area contributed by atoms with E-state index in [-0.39, 0.29) is 16.6 Å². The number of benzene rings is 4. The van der Waals surface area contributed by atoms with E-state index in [9.17, 15) is 18.3 Å². The summed E-state index contributed by atoms with van der Waals surface area (Å²) in [7, 11) is -1.73. The van der Waals surface area contributed by atoms with Crippen LogP contribution in [0.5, 0.6) is 11.5 Å². The fraction of sp³-hybridized carbons (Fsp3) is 0.148. The van der Waals surface area contributed by atoms with E-state index >= 15 is 0 Å². The van der Waals surface area contributed by atoms with Gasteiger partial charge >= 0.3 is 0 Å². The molecule has 1 amide bonds. The summed E-state index contributed by atoms with van der Waals surface area (Å²) >= 11 is 0. The lowest BCUT2D eigenvalue weighted by Crippen LogP contribution is -2.26. The molecule has 0 aliphatic rings. The molecule has 0 atom stereocenters. The summed E-state index contributed by atoms with van der Waals surface area (Å²) in [4.78, 5) is 13.1. The second-order valence-corrected chi connectivity index (χ2v) is 10.1. The van der Waals surface area contributed by atoms with Crippen molar-refractivity contribution in [2.45, 2.75) is 11.3 Å². The van der Waals surface area contributed by atoms with Crippen molar-refractivity contribution in [1.29, 1.82) is 0 Å². The number of ether oxygens (including phenoxy) is 1. The Kier molecular flexibility index (Phi) is 6.56. The molecule has 0 unspecified atom stereocenters. The normalized spacial score (nSPS) is 11.4. The highest BCUT2D eigenvalue weighted by Gasteiger charge is 2.14. The van der Waals surface area contributed by atoms with Crippen LogP contribution in [0.4, 0.5) is 0 Å². The molecule has 0 radical (unpaired) electrons. The van der Waals surface area contributed by atoms with Gasteiger partial charge in [-0.3, -0.25) is 4.79 Å². The van der Waals surface area contributed by atoms with Crippen molar-refractivity contribution in [3.8, 4) is 22.6 Å². The molecule has 0 aliphatic heterocycles. The summed E-state index contributed by atoms with van der Waals surface area (Å²) in [5.41, 5.74) is 2.80. The van der Waals surface area contributed by atoms with Crippen LogP contribution in [0.1, 0.15) is 15.9 Å². The number of amides is 1. The number of hydrogen-bond donors (Lipinski definition) is 2. The zero-order valence-electron chi connectivity index (χ0n) is 18.9. The number of phenolic OH excluding ortho intramolecular Hbond substituents is 1. The molecule has 4 aromatic carbocycles. The summed E-state index contributed by atoms with van der Waals surface area (Å²) in [5.74, 6) is 0.377. The first kappa shape index (κ1) is 23.3. The second kappa shape index (κ2) is 9.57. The number of methoxy groups -OCH3 is 1. The maximum absolute atomic E-state index is 12.8. The molecule has 4 aromatic rings. The Morgan fingerprint density at radius 3 is 2.21 bits per heavy atom. The van der Waals surface area contributed by atoms with E-state index in [1.54, 1.807) is 36.4 Å². The number of carbonyl (C=O) groups is 1. The van der Waals surface area contributed by atoms with Gasteiger partial charge in [0, 0.05) is 12.8 Å². The number of aromatic hydroxyl groups is 1. The van der Waals surface area contributed by atoms with Gasteiger partial charge in [0.15, 0.2) is 9.84 Å². The van der Waals surface area contributed by atoms with Crippen LogP contribution in [0.15, 0.2) is 83.8 Å². The Hall–Kier alpha value is -3.84. The van der Waals surface area contributed by atoms with Gasteiger partial charge in [-0.2, -0.15) is 0 Å². The number of phenols is 1. The van der Waals surface area contributed by atoms with Gasteiger partial charge in [-0.1, -0.05) is 42.5 Å². The summed E-state index contributed by atoms with van der Waals surface area (Å²) in [5, 5.41) is 15.1. The molecule has 0 bridgehead atoms. The van der Waals surface area contributed by atoms with Gasteiger partial charge < -0.3 is 15.2 Å². The minimum Gasteiger partial charge on any atom is -0.508 e. The molecule has 0 heterocycles. The monoisotopic (exact) mass is 475 g/mol. The van der Waals surface area contributed by atoms with Crippen molar-refractivity contribution < 1.29 is 23.1 Å². The highest BCUT2D eigenvalue weighted by atomic mass is 32.2. The van der Waals surface area contributed by atoms with Gasteiger partial charge in [-0.05, 0) is 70.3 Å². The molecule has 2 N–H and O–H groups in total. The van der Waals surface area contributed by atoms with E-state index in [1.165, 1.54) is 13.4 Å². The van der Waals surface area contributed by atoms with Crippen LogP contribution in [0, 0.1) is 0 Å². The summed E-state index contributed by atoms with van der Waals surface area (Å²) in [6, 6.07) is 23.2. The molecule has 0 saturated heterocycles. The van der Waals surface area contributed by atoms with E-state index in [1.807, 2.05) is 42.5 Å². The predicted molar refractivity (Wildman–Crippen MR) is 133 cm³/mol. The zero-order chi connectivity index (χ0) is 24.3. The number of fused-ring (bicyclic) bond motifs is 1. The van der Waals surface area contributed by atoms with Gasteiger partial charge in [0.25, 0.3) is 5.91 Å². The molecule has 0 saturated carbocycles. The van der Waals surface area contributed by atoms with Gasteiger partial charge in [-0.25, -0.2) is 8.42 Å². The summed E-state index contributed by atoms with van der Waals surface area (Å²) in [6.45, 7) is 0.318. The molecule has 6 nitrogen and oxygen atoms in total. The van der Waals surface area contributed by atoms with E-state index < -0.39 is 9.84 Å². The number of sulfone groups is 1. The average molecular weight is 476 g/mol. The lowest BCUT2D eigenvalue weighted by molar-refractivity contribution is 0.0951. The maximum Gasteiger partial charge on any atom is 0.255 e. The largest absolute Gasteiger partial charge is 0.508 e. The Morgan fingerprint density at radius 2 is 1.56 bits per heavy atom. The third-order valence-electron chi connectivity index (χ3n) is 5.69. The smallest absolute Gasteiger partial charge is 0.255 e. The minimum atomic E-state index is -3.27. The first-order valence-corrected chi connectivity index (χ1v) is 12.6. The van der Waals surface area contributed by atoms with E-state index in [0.717, 1.165) is 21.9 Å². The number of carbonyl (C=O) groups excluding carboxylic acids is 1. The molecule has 4 rings (SSSR count). The molecule has 7 heteroatoms. The SMILES string of the molecule is COc1cc2ccccc2cc1C(=O)NCCc1cc(-c2ccc(S(C)(=O)=O)cc2)ccc1O. The van der Waals surface area contributed by atoms with Crippen LogP contribution in [-0.2, 0) is 16.3 Å². The maximum atomic E-state index is 12.8. The first-order valence-electron chi connectivity index (χ1n) is 10.7. The Balaban J connectivity index is 1.48. The zero-order valence-corrected chi connectivity index (χ0v) is 19.7. The number of hydrogen-bond acceptors (Lipinski definition) is 5. The fourth-order valence-corrected chi connectivity index (χ4v) is 4.46. The number of nitrogens with one attached hydrogen (secondary N) is 1. The highest BCUT2D eigenvalue weighted by molar-refractivity contribution is 7.90. The van der Waals surface area contributed by atoms with Crippen molar-refractivity contribution in [3.05, 3.63) is 90.0 Å². The number of rotatable bonds is 7. The second-order valence-electron chi connectivity index (χ2n) is 8.05. The fourth-order valence-electron chi connectivity index (χ4n) is 3.83. The average Bonchev–Trinajstić information content (AvgIpc) is 2.83. The summed E-state index contributed by atoms with van der Waals surface area (Å²) < 4.78 is 28.8. The third-order valence-corrected chi connectivity index (χ3v) is 6.82. The van der Waals surface area contributed by atoms with E-state index in [2.05, 4.69) is 5.32 Å². The van der Waals surface area contributed by atoms with Crippen molar-refractivity contribution in [1.82, 2.24) is 5.32 Å². The van der Waals surface area contributed by atoms with Crippen LogP contribution in [0.3, 0.4) is 0 Å². The Labute approximate surface area is 198 Å². The van der Waals surface area contributed by atoms with Gasteiger partial charge in [0.05, 0.1) is 17.6 Å². The van der Waals surface area contributed by atoms with Crippen molar-refractivity contribution >= 4 is 26.5 Å². The van der Waals surface area contributed by atoms with Gasteiger partial charge in [-0.15, -0.1) is 0 Å². The van der Waals surface area contributed by atoms with E-state index in [4.69, 9.17) is 4.74 Å². The molecule has 0 fully saturated rings. The molecule has 0 spiro atoms. The molecule has 34 heavy (non-hydrogen) atoms. The lowest BCUT2D eigenvalue weighted by atomic mass is 10.0. The summed E-state index contributed by atoms with van der Waals surface area (Å²) in [6.07, 6.45) is 1.59. The van der Waals surface area contributed by atoms with Crippen LogP contribution in [0.2, 0.25) is 0 Å². The molecule has 0 aromatic heterocycles. The lowest BCUT2D eigenvalue weighted by Gasteiger charge is -2.12. The van der Waals surface area contributed by atoms with Gasteiger partial charge in [0.1, 0.15) is 11.5 Å². The van der Waals surface area contributed by atoms with Crippen molar-refractivity contribution in [3.63, 3.8) is 0 Å². The Morgan fingerprint density at radius 1 is 0.912 bits per heavy atom. The molecule has 174 valence electrons. The standard InChI is InChI=1S/C27H25NO5S/c1-33-26-17-20-6-4-3-5-19(20)16-24(26)27(30)28-14-13-22-15-21(9-12-25(22)29)18-7-10-23(11-8-18)34(2,31)32/h3-12,15-17,29H,13-14H2,1-2H3,(H,28,30). The third kappa shape index (κ3) is 5.05. The molecule has 0 aliphatic carbocycles. The van der Waals surface area contributed by atoms with Crippen LogP contribution >= 0.6 is 0 Å². The topological polar surface area (TPSA) is 92.7 Å². The van der Waals surface area contributed by atoms with Crippen molar-refractivity contribution in [2.24, 2.45) is 0 Å². The van der Waals surface area contributed by atoms with E-state index in [0.29, 0.717) is 29.8 Å².